The molecule has 68 valence electrons. The molecule has 1 aliphatic rings. The molecule has 1 aromatic rings. The Bertz CT molecular complexity index is 339. The van der Waals surface area contributed by atoms with Crippen molar-refractivity contribution >= 4 is 23.0 Å². The van der Waals surface area contributed by atoms with Crippen LogP contribution in [-0.2, 0) is 0 Å². The van der Waals surface area contributed by atoms with E-state index in [1.807, 2.05) is 18.2 Å². The van der Waals surface area contributed by atoms with E-state index < -0.39 is 0 Å². The molecular weight excluding hydrogens is 184 g/mol. The minimum Gasteiger partial charge on any atom is -0.397 e. The number of hydrogen-bond acceptors (Lipinski definition) is 2. The molecule has 0 saturated heterocycles. The number of nitrogens with two attached hydrogens (primary N) is 1. The van der Waals surface area contributed by atoms with Crippen molar-refractivity contribution in [1.82, 2.24) is 0 Å². The molecule has 0 amide bonds. The molecular formula is C10H11ClN2. The van der Waals surface area contributed by atoms with Gasteiger partial charge < -0.3 is 10.6 Å². The van der Waals surface area contributed by atoms with Gasteiger partial charge in [0.25, 0.3) is 0 Å². The third-order valence-corrected chi connectivity index (χ3v) is 2.58. The standard InChI is InChI=1S/C10H11ClN2/c11-10-8(12)4-3-5-9(10)13-6-1-2-7-13/h1-5H,6-7,12H2. The first-order valence-corrected chi connectivity index (χ1v) is 4.61. The number of halogens is 1. The van der Waals surface area contributed by atoms with E-state index in [0.29, 0.717) is 10.7 Å². The van der Waals surface area contributed by atoms with Gasteiger partial charge in [-0.3, -0.25) is 0 Å². The van der Waals surface area contributed by atoms with E-state index in [2.05, 4.69) is 17.1 Å². The summed E-state index contributed by atoms with van der Waals surface area (Å²) in [6.45, 7) is 1.84. The van der Waals surface area contributed by atoms with Crippen LogP contribution in [0.3, 0.4) is 0 Å². The lowest BCUT2D eigenvalue weighted by atomic mass is 10.2. The Morgan fingerprint density at radius 3 is 2.62 bits per heavy atom. The van der Waals surface area contributed by atoms with Crippen LogP contribution in [0.5, 0.6) is 0 Å². The molecule has 0 radical (unpaired) electrons. The summed E-state index contributed by atoms with van der Waals surface area (Å²) in [5.74, 6) is 0. The van der Waals surface area contributed by atoms with Gasteiger partial charge in [0.15, 0.2) is 0 Å². The van der Waals surface area contributed by atoms with Crippen molar-refractivity contribution in [2.45, 2.75) is 0 Å². The minimum absolute atomic E-state index is 0.645. The maximum atomic E-state index is 6.08. The van der Waals surface area contributed by atoms with E-state index in [1.165, 1.54) is 0 Å². The van der Waals surface area contributed by atoms with Crippen LogP contribution in [0.4, 0.5) is 11.4 Å². The quantitative estimate of drug-likeness (QED) is 0.549. The maximum absolute atomic E-state index is 6.08. The van der Waals surface area contributed by atoms with Crippen LogP contribution in [0.1, 0.15) is 0 Å². The van der Waals surface area contributed by atoms with E-state index in [4.69, 9.17) is 17.3 Å². The van der Waals surface area contributed by atoms with Gasteiger partial charge in [-0.15, -0.1) is 0 Å². The lowest BCUT2D eigenvalue weighted by molar-refractivity contribution is 1.01. The molecule has 0 aliphatic carbocycles. The summed E-state index contributed by atoms with van der Waals surface area (Å²) in [6, 6.07) is 5.73. The summed E-state index contributed by atoms with van der Waals surface area (Å²) >= 11 is 6.08. The molecule has 2 N–H and O–H groups in total. The lowest BCUT2D eigenvalue weighted by Crippen LogP contribution is -2.19. The first kappa shape index (κ1) is 8.45. The predicted molar refractivity (Wildman–Crippen MR) is 57.2 cm³/mol. The first-order chi connectivity index (χ1) is 6.29. The molecule has 0 unspecified atom stereocenters. The third-order valence-electron chi connectivity index (χ3n) is 2.17. The number of rotatable bonds is 1. The van der Waals surface area contributed by atoms with Crippen molar-refractivity contribution in [2.75, 3.05) is 23.7 Å². The van der Waals surface area contributed by atoms with Crippen LogP contribution in [0.2, 0.25) is 5.02 Å². The average Bonchev–Trinajstić information content (AvgIpc) is 2.62. The Morgan fingerprint density at radius 1 is 1.23 bits per heavy atom. The molecule has 1 heterocycles. The summed E-state index contributed by atoms with van der Waals surface area (Å²) in [7, 11) is 0. The number of nitrogens with zero attached hydrogens (tertiary/aromatic N) is 1. The van der Waals surface area contributed by atoms with E-state index in [9.17, 15) is 0 Å². The van der Waals surface area contributed by atoms with E-state index in [0.717, 1.165) is 18.8 Å². The molecule has 3 heteroatoms. The first-order valence-electron chi connectivity index (χ1n) is 4.23. The maximum Gasteiger partial charge on any atom is 0.0868 e. The molecule has 0 bridgehead atoms. The molecule has 0 spiro atoms. The number of hydrogen-bond donors (Lipinski definition) is 1. The SMILES string of the molecule is Nc1cccc(N2CC=CC2)c1Cl. The zero-order valence-corrected chi connectivity index (χ0v) is 7.96. The van der Waals surface area contributed by atoms with E-state index >= 15 is 0 Å². The average molecular weight is 195 g/mol. The second kappa shape index (κ2) is 3.30. The number of benzene rings is 1. The Labute approximate surface area is 82.6 Å². The zero-order valence-electron chi connectivity index (χ0n) is 7.20. The fraction of sp³-hybridized carbons (Fsp3) is 0.200. The highest BCUT2D eigenvalue weighted by atomic mass is 35.5. The molecule has 0 saturated carbocycles. The van der Waals surface area contributed by atoms with Gasteiger partial charge in [-0.25, -0.2) is 0 Å². The Kier molecular flexibility index (Phi) is 2.15. The van der Waals surface area contributed by atoms with Crippen LogP contribution in [-0.4, -0.2) is 13.1 Å². The van der Waals surface area contributed by atoms with Crippen molar-refractivity contribution in [1.29, 1.82) is 0 Å². The van der Waals surface area contributed by atoms with Crippen molar-refractivity contribution in [2.24, 2.45) is 0 Å². The second-order valence-corrected chi connectivity index (χ2v) is 3.43. The fourth-order valence-electron chi connectivity index (χ4n) is 1.46. The topological polar surface area (TPSA) is 29.3 Å². The summed E-state index contributed by atoms with van der Waals surface area (Å²) in [5, 5.41) is 0.659. The molecule has 2 rings (SSSR count). The van der Waals surface area contributed by atoms with Gasteiger partial charge in [0.05, 0.1) is 16.4 Å². The largest absolute Gasteiger partial charge is 0.397 e. The Hall–Kier alpha value is -1.15. The van der Waals surface area contributed by atoms with Crippen LogP contribution >= 0.6 is 11.6 Å². The van der Waals surface area contributed by atoms with Crippen molar-refractivity contribution in [3.8, 4) is 0 Å². The van der Waals surface area contributed by atoms with Crippen molar-refractivity contribution in [3.05, 3.63) is 35.4 Å². The summed E-state index contributed by atoms with van der Waals surface area (Å²) in [5.41, 5.74) is 7.37. The molecule has 1 aromatic carbocycles. The fourth-order valence-corrected chi connectivity index (χ4v) is 1.70. The highest BCUT2D eigenvalue weighted by molar-refractivity contribution is 6.35. The van der Waals surface area contributed by atoms with Gasteiger partial charge >= 0.3 is 0 Å². The monoisotopic (exact) mass is 194 g/mol. The third kappa shape index (κ3) is 1.49. The lowest BCUT2D eigenvalue weighted by Gasteiger charge is -2.19. The Morgan fingerprint density at radius 2 is 1.92 bits per heavy atom. The number of nitrogen functional groups attached to an aromatic ring is 1. The molecule has 13 heavy (non-hydrogen) atoms. The van der Waals surface area contributed by atoms with Gasteiger partial charge in [0, 0.05) is 13.1 Å². The molecule has 0 aromatic heterocycles. The highest BCUT2D eigenvalue weighted by Gasteiger charge is 2.12. The van der Waals surface area contributed by atoms with E-state index in [1.54, 1.807) is 0 Å². The van der Waals surface area contributed by atoms with Gasteiger partial charge in [0.2, 0.25) is 0 Å². The van der Waals surface area contributed by atoms with Crippen LogP contribution < -0.4 is 10.6 Å². The number of anilines is 2. The second-order valence-electron chi connectivity index (χ2n) is 3.06. The molecule has 0 atom stereocenters. The summed E-state index contributed by atoms with van der Waals surface area (Å²) < 4.78 is 0. The van der Waals surface area contributed by atoms with Crippen LogP contribution in [0.25, 0.3) is 0 Å². The highest BCUT2D eigenvalue weighted by Crippen LogP contribution is 2.31. The molecule has 1 aliphatic heterocycles. The summed E-state index contributed by atoms with van der Waals surface area (Å²) in [6.07, 6.45) is 4.25. The van der Waals surface area contributed by atoms with Crippen molar-refractivity contribution in [3.63, 3.8) is 0 Å². The summed E-state index contributed by atoms with van der Waals surface area (Å²) in [4.78, 5) is 2.18. The van der Waals surface area contributed by atoms with Gasteiger partial charge in [0.1, 0.15) is 0 Å². The van der Waals surface area contributed by atoms with Crippen LogP contribution in [0.15, 0.2) is 30.4 Å². The van der Waals surface area contributed by atoms with Gasteiger partial charge in [-0.05, 0) is 12.1 Å². The Balaban J connectivity index is 2.34. The predicted octanol–water partition coefficient (Wildman–Crippen LogP) is 2.30. The van der Waals surface area contributed by atoms with Gasteiger partial charge in [-0.1, -0.05) is 29.8 Å². The zero-order chi connectivity index (χ0) is 9.26. The van der Waals surface area contributed by atoms with E-state index in [-0.39, 0.29) is 0 Å². The molecule has 0 fully saturated rings. The minimum atomic E-state index is 0.645. The van der Waals surface area contributed by atoms with Gasteiger partial charge in [-0.2, -0.15) is 0 Å². The molecule has 2 nitrogen and oxygen atoms in total. The normalized spacial score (nSPS) is 15.3. The van der Waals surface area contributed by atoms with Crippen molar-refractivity contribution < 1.29 is 0 Å². The smallest absolute Gasteiger partial charge is 0.0868 e. The van der Waals surface area contributed by atoms with Crippen LogP contribution in [0, 0.1) is 0 Å².